The van der Waals surface area contributed by atoms with E-state index in [2.05, 4.69) is 11.6 Å². The largest absolute Gasteiger partial charge is 0.330 e. The van der Waals surface area contributed by atoms with Crippen molar-refractivity contribution in [2.24, 2.45) is 17.6 Å². The normalized spacial score (nSPS) is 19.1. The molecule has 0 spiro atoms. The van der Waals surface area contributed by atoms with Crippen LogP contribution in [0.25, 0.3) is 0 Å². The van der Waals surface area contributed by atoms with Crippen LogP contribution in [0, 0.1) is 11.8 Å². The lowest BCUT2D eigenvalue weighted by Gasteiger charge is -2.11. The summed E-state index contributed by atoms with van der Waals surface area (Å²) in [6.45, 7) is 3.27. The molecule has 5 heteroatoms. The molecule has 3 N–H and O–H groups in total. The van der Waals surface area contributed by atoms with Crippen LogP contribution < -0.4 is 10.5 Å². The summed E-state index contributed by atoms with van der Waals surface area (Å²) in [6.07, 6.45) is 3.95. The van der Waals surface area contributed by atoms with Crippen LogP contribution in [0.1, 0.15) is 32.6 Å². The molecule has 0 aromatic rings. The van der Waals surface area contributed by atoms with E-state index < -0.39 is 10.0 Å². The molecule has 0 heterocycles. The Bertz CT molecular complexity index is 273. The first-order valence-electron chi connectivity index (χ1n) is 5.72. The van der Waals surface area contributed by atoms with Crippen molar-refractivity contribution in [3.05, 3.63) is 0 Å². The van der Waals surface area contributed by atoms with E-state index >= 15 is 0 Å². The van der Waals surface area contributed by atoms with Crippen molar-refractivity contribution in [2.45, 2.75) is 32.6 Å². The third kappa shape index (κ3) is 5.49. The van der Waals surface area contributed by atoms with Gasteiger partial charge >= 0.3 is 0 Å². The molecule has 1 fully saturated rings. The third-order valence-electron chi connectivity index (χ3n) is 2.92. The molecule has 90 valence electrons. The average Bonchev–Trinajstić information content (AvgIpc) is 2.98. The van der Waals surface area contributed by atoms with Gasteiger partial charge in [-0.25, -0.2) is 13.1 Å². The smallest absolute Gasteiger partial charge is 0.211 e. The first kappa shape index (κ1) is 12.9. The fraction of sp³-hybridized carbons (Fsp3) is 1.00. The highest BCUT2D eigenvalue weighted by atomic mass is 32.2. The zero-order chi connectivity index (χ0) is 11.3. The van der Waals surface area contributed by atoms with Crippen LogP contribution >= 0.6 is 0 Å². The quantitative estimate of drug-likeness (QED) is 0.607. The fourth-order valence-electron chi connectivity index (χ4n) is 1.60. The predicted octanol–water partition coefficient (Wildman–Crippen LogP) is 0.691. The molecule has 0 aliphatic heterocycles. The highest BCUT2D eigenvalue weighted by Gasteiger charge is 2.28. The minimum Gasteiger partial charge on any atom is -0.330 e. The second-order valence-corrected chi connectivity index (χ2v) is 6.40. The number of unbranched alkanes of at least 4 members (excludes halogenated alkanes) is 1. The van der Waals surface area contributed by atoms with E-state index in [1.807, 2.05) is 0 Å². The Kier molecular flexibility index (Phi) is 5.02. The van der Waals surface area contributed by atoms with Crippen LogP contribution in [0.4, 0.5) is 0 Å². The van der Waals surface area contributed by atoms with Crippen molar-refractivity contribution in [3.63, 3.8) is 0 Å². The number of hydrogen-bond donors (Lipinski definition) is 2. The van der Waals surface area contributed by atoms with Crippen LogP contribution in [-0.2, 0) is 10.0 Å². The second-order valence-electron chi connectivity index (χ2n) is 4.48. The summed E-state index contributed by atoms with van der Waals surface area (Å²) in [5.41, 5.74) is 5.31. The van der Waals surface area contributed by atoms with Crippen LogP contribution in [-0.4, -0.2) is 27.3 Å². The first-order valence-corrected chi connectivity index (χ1v) is 7.38. The molecular formula is C10H22N2O2S. The Hall–Kier alpha value is -0.130. The number of rotatable bonds is 8. The first-order chi connectivity index (χ1) is 7.05. The van der Waals surface area contributed by atoms with Gasteiger partial charge in [-0.15, -0.1) is 0 Å². The maximum atomic E-state index is 11.5. The fourth-order valence-corrected chi connectivity index (χ4v) is 2.84. The topological polar surface area (TPSA) is 72.2 Å². The number of sulfonamides is 1. The van der Waals surface area contributed by atoms with E-state index in [9.17, 15) is 8.42 Å². The molecule has 4 nitrogen and oxygen atoms in total. The van der Waals surface area contributed by atoms with Crippen LogP contribution in [0.15, 0.2) is 0 Å². The summed E-state index contributed by atoms with van der Waals surface area (Å²) >= 11 is 0. The summed E-state index contributed by atoms with van der Waals surface area (Å²) in [7, 11) is -3.06. The molecule has 1 unspecified atom stereocenters. The third-order valence-corrected chi connectivity index (χ3v) is 4.35. The van der Waals surface area contributed by atoms with Gasteiger partial charge < -0.3 is 5.73 Å². The summed E-state index contributed by atoms with van der Waals surface area (Å²) in [5.74, 6) is 1.44. The van der Waals surface area contributed by atoms with Gasteiger partial charge in [-0.2, -0.15) is 0 Å². The van der Waals surface area contributed by atoms with E-state index in [1.54, 1.807) is 0 Å². The van der Waals surface area contributed by atoms with Gasteiger partial charge in [-0.1, -0.05) is 6.92 Å². The average molecular weight is 234 g/mol. The molecule has 15 heavy (non-hydrogen) atoms. The number of hydrogen-bond acceptors (Lipinski definition) is 3. The lowest BCUT2D eigenvalue weighted by molar-refractivity contribution is 0.491. The van der Waals surface area contributed by atoms with E-state index in [4.69, 9.17) is 5.73 Å². The minimum absolute atomic E-state index is 0.210. The SMILES string of the molecule is CC(CNS(=O)(=O)CCCCN)C1CC1. The van der Waals surface area contributed by atoms with Crippen molar-refractivity contribution in [3.8, 4) is 0 Å². The lowest BCUT2D eigenvalue weighted by atomic mass is 10.1. The van der Waals surface area contributed by atoms with Crippen molar-refractivity contribution in [1.82, 2.24) is 4.72 Å². The maximum absolute atomic E-state index is 11.5. The van der Waals surface area contributed by atoms with E-state index in [-0.39, 0.29) is 5.75 Å². The van der Waals surface area contributed by atoms with Crippen molar-refractivity contribution in [2.75, 3.05) is 18.8 Å². The standard InChI is InChI=1S/C10H22N2O2S/c1-9(10-4-5-10)8-12-15(13,14)7-3-2-6-11/h9-10,12H,2-8,11H2,1H3. The Balaban J connectivity index is 2.16. The second kappa shape index (κ2) is 5.82. The minimum atomic E-state index is -3.06. The van der Waals surface area contributed by atoms with Gasteiger partial charge in [-0.05, 0) is 44.1 Å². The van der Waals surface area contributed by atoms with Crippen molar-refractivity contribution < 1.29 is 8.42 Å². The van der Waals surface area contributed by atoms with Crippen molar-refractivity contribution >= 4 is 10.0 Å². The van der Waals surface area contributed by atoms with E-state index in [1.165, 1.54) is 12.8 Å². The molecule has 1 aliphatic carbocycles. The highest BCUT2D eigenvalue weighted by Crippen LogP contribution is 2.36. The van der Waals surface area contributed by atoms with Gasteiger partial charge in [0.1, 0.15) is 0 Å². The molecular weight excluding hydrogens is 212 g/mol. The van der Waals surface area contributed by atoms with Crippen molar-refractivity contribution in [1.29, 1.82) is 0 Å². The molecule has 0 radical (unpaired) electrons. The zero-order valence-electron chi connectivity index (χ0n) is 9.41. The summed E-state index contributed by atoms with van der Waals surface area (Å²) in [6, 6.07) is 0. The molecule has 0 aromatic carbocycles. The number of nitrogens with two attached hydrogens (primary N) is 1. The van der Waals surface area contributed by atoms with Gasteiger partial charge in [0, 0.05) is 6.54 Å². The summed E-state index contributed by atoms with van der Waals surface area (Å²) in [5, 5.41) is 0. The molecule has 0 aromatic heterocycles. The van der Waals surface area contributed by atoms with Gasteiger partial charge in [-0.3, -0.25) is 0 Å². The lowest BCUT2D eigenvalue weighted by Crippen LogP contribution is -2.31. The summed E-state index contributed by atoms with van der Waals surface area (Å²) in [4.78, 5) is 0. The molecule has 1 saturated carbocycles. The molecule has 0 saturated heterocycles. The number of nitrogens with one attached hydrogen (secondary N) is 1. The monoisotopic (exact) mass is 234 g/mol. The van der Waals surface area contributed by atoms with Crippen LogP contribution in [0.3, 0.4) is 0 Å². The Morgan fingerprint density at radius 3 is 2.60 bits per heavy atom. The van der Waals surface area contributed by atoms with Crippen LogP contribution in [0.2, 0.25) is 0 Å². The zero-order valence-corrected chi connectivity index (χ0v) is 10.2. The summed E-state index contributed by atoms with van der Waals surface area (Å²) < 4.78 is 25.7. The van der Waals surface area contributed by atoms with Gasteiger partial charge in [0.15, 0.2) is 0 Å². The van der Waals surface area contributed by atoms with Gasteiger partial charge in [0.25, 0.3) is 0 Å². The van der Waals surface area contributed by atoms with Gasteiger partial charge in [0.05, 0.1) is 5.75 Å². The van der Waals surface area contributed by atoms with E-state index in [0.717, 1.165) is 12.3 Å². The molecule has 0 bridgehead atoms. The molecule has 1 rings (SSSR count). The Labute approximate surface area is 92.7 Å². The van der Waals surface area contributed by atoms with Gasteiger partial charge in [0.2, 0.25) is 10.0 Å². The Morgan fingerprint density at radius 2 is 2.07 bits per heavy atom. The molecule has 1 atom stereocenters. The molecule has 0 amide bonds. The Morgan fingerprint density at radius 1 is 1.40 bits per heavy atom. The van der Waals surface area contributed by atoms with E-state index in [0.29, 0.717) is 25.4 Å². The van der Waals surface area contributed by atoms with Crippen LogP contribution in [0.5, 0.6) is 0 Å². The maximum Gasteiger partial charge on any atom is 0.211 e. The predicted molar refractivity (Wildman–Crippen MR) is 62.0 cm³/mol. The highest BCUT2D eigenvalue weighted by molar-refractivity contribution is 7.89. The molecule has 1 aliphatic rings.